The maximum absolute atomic E-state index is 5.51. The van der Waals surface area contributed by atoms with E-state index in [2.05, 4.69) is 0 Å². The van der Waals surface area contributed by atoms with E-state index in [1.165, 1.54) is 0 Å². The minimum absolute atomic E-state index is 0.872. The molecule has 0 bridgehead atoms. The van der Waals surface area contributed by atoms with Gasteiger partial charge in [-0.3, -0.25) is 0 Å². The van der Waals surface area contributed by atoms with Gasteiger partial charge in [-0.05, 0) is 26.0 Å². The van der Waals surface area contributed by atoms with E-state index in [-0.39, 0.29) is 0 Å². The number of hydrogen-bond acceptors (Lipinski definition) is 1. The monoisotopic (exact) mass is 189 g/mol. The van der Waals surface area contributed by atoms with Crippen LogP contribution in [-0.4, -0.2) is 5.78 Å². The van der Waals surface area contributed by atoms with Crippen LogP contribution in [0.4, 0.5) is 0 Å². The standard InChI is InChI=1S/C12H13O2/c1-8-4-6-11(13-8)10(3)12-7-5-9(2)14-12/h4-7H,1-3H3/q+1. The zero-order valence-electron chi connectivity index (χ0n) is 8.63. The van der Waals surface area contributed by atoms with E-state index in [0.29, 0.717) is 0 Å². The van der Waals surface area contributed by atoms with Gasteiger partial charge in [-0.15, -0.1) is 0 Å². The van der Waals surface area contributed by atoms with Crippen molar-refractivity contribution in [3.63, 3.8) is 0 Å². The summed E-state index contributed by atoms with van der Waals surface area (Å²) in [5.41, 5.74) is 1.03. The highest BCUT2D eigenvalue weighted by Crippen LogP contribution is 2.22. The lowest BCUT2D eigenvalue weighted by atomic mass is 10.2. The summed E-state index contributed by atoms with van der Waals surface area (Å²) >= 11 is 0. The second-order valence-electron chi connectivity index (χ2n) is 3.45. The van der Waals surface area contributed by atoms with Gasteiger partial charge in [-0.2, -0.15) is 0 Å². The fraction of sp³-hybridized carbons (Fsp3) is 0.250. The fourth-order valence-corrected chi connectivity index (χ4v) is 1.39. The molecule has 14 heavy (non-hydrogen) atoms. The summed E-state index contributed by atoms with van der Waals surface area (Å²) < 4.78 is 11.0. The summed E-state index contributed by atoms with van der Waals surface area (Å²) in [5, 5.41) is 0. The van der Waals surface area contributed by atoms with Gasteiger partial charge in [0.05, 0.1) is 18.6 Å². The molecule has 0 fully saturated rings. The van der Waals surface area contributed by atoms with Crippen LogP contribution in [-0.2, 0) is 4.42 Å². The minimum atomic E-state index is 0.872. The first kappa shape index (κ1) is 9.00. The van der Waals surface area contributed by atoms with Crippen molar-refractivity contribution in [1.82, 2.24) is 0 Å². The molecule has 0 spiro atoms. The average Bonchev–Trinajstić information content (AvgIpc) is 2.73. The lowest BCUT2D eigenvalue weighted by Gasteiger charge is -1.90. The molecule has 0 saturated heterocycles. The molecule has 0 N–H and O–H groups in total. The third-order valence-electron chi connectivity index (χ3n) is 2.22. The molecule has 72 valence electrons. The lowest BCUT2D eigenvalue weighted by Crippen LogP contribution is -1.85. The van der Waals surface area contributed by atoms with Crippen molar-refractivity contribution in [2.24, 2.45) is 0 Å². The fourth-order valence-electron chi connectivity index (χ4n) is 1.39. The smallest absolute Gasteiger partial charge is 0.359 e. The highest BCUT2D eigenvalue weighted by molar-refractivity contribution is 5.91. The van der Waals surface area contributed by atoms with Crippen molar-refractivity contribution in [1.29, 1.82) is 0 Å². The summed E-state index contributed by atoms with van der Waals surface area (Å²) in [6.07, 6.45) is 3.91. The molecule has 2 heterocycles. The van der Waals surface area contributed by atoms with E-state index in [1.54, 1.807) is 0 Å². The molecule has 0 saturated carbocycles. The van der Waals surface area contributed by atoms with Crippen LogP contribution < -0.4 is 0 Å². The SMILES string of the molecule is CC1=[O+]/C(=C(\C)c2ccc(C)o2)C=C1. The minimum Gasteiger partial charge on any atom is -0.461 e. The quantitative estimate of drug-likeness (QED) is 0.623. The molecule has 0 unspecified atom stereocenters. The van der Waals surface area contributed by atoms with Crippen molar-refractivity contribution in [2.45, 2.75) is 20.8 Å². The number of ketones is 1. The highest BCUT2D eigenvalue weighted by atomic mass is 16.4. The predicted molar refractivity (Wildman–Crippen MR) is 55.9 cm³/mol. The average molecular weight is 189 g/mol. The summed E-state index contributed by atoms with van der Waals surface area (Å²) in [6, 6.07) is 3.91. The predicted octanol–water partition coefficient (Wildman–Crippen LogP) is 3.01. The van der Waals surface area contributed by atoms with Crippen LogP contribution in [0.3, 0.4) is 0 Å². The number of carbonyl (C=O) groups excluding carboxylic acids is 1. The summed E-state index contributed by atoms with van der Waals surface area (Å²) in [7, 11) is 0. The van der Waals surface area contributed by atoms with Gasteiger partial charge >= 0.3 is 11.5 Å². The lowest BCUT2D eigenvalue weighted by molar-refractivity contribution is -0.385. The second-order valence-corrected chi connectivity index (χ2v) is 3.45. The number of aryl methyl sites for hydroxylation is 1. The van der Waals surface area contributed by atoms with Gasteiger partial charge in [0.1, 0.15) is 11.5 Å². The largest absolute Gasteiger partial charge is 0.461 e. The molecule has 2 rings (SSSR count). The Balaban J connectivity index is 2.41. The first-order valence-electron chi connectivity index (χ1n) is 4.64. The van der Waals surface area contributed by atoms with E-state index >= 15 is 0 Å². The van der Waals surface area contributed by atoms with E-state index in [9.17, 15) is 0 Å². The first-order valence-corrected chi connectivity index (χ1v) is 4.64. The van der Waals surface area contributed by atoms with Crippen LogP contribution in [0, 0.1) is 6.92 Å². The molecule has 0 amide bonds. The second kappa shape index (κ2) is 3.29. The van der Waals surface area contributed by atoms with Gasteiger partial charge in [0, 0.05) is 6.08 Å². The Labute approximate surface area is 83.2 Å². The maximum Gasteiger partial charge on any atom is 0.359 e. The molecular formula is C12H13O2+. The molecule has 2 nitrogen and oxygen atoms in total. The van der Waals surface area contributed by atoms with Crippen molar-refractivity contribution < 1.29 is 8.84 Å². The van der Waals surface area contributed by atoms with Crippen LogP contribution >= 0.6 is 0 Å². The van der Waals surface area contributed by atoms with Gasteiger partial charge in [0.15, 0.2) is 0 Å². The Morgan fingerprint density at radius 3 is 2.50 bits per heavy atom. The van der Waals surface area contributed by atoms with Crippen molar-refractivity contribution >= 4 is 11.4 Å². The van der Waals surface area contributed by atoms with E-state index in [4.69, 9.17) is 8.84 Å². The van der Waals surface area contributed by atoms with Crippen LogP contribution in [0.15, 0.2) is 34.5 Å². The summed E-state index contributed by atoms with van der Waals surface area (Å²) in [4.78, 5) is 0. The third-order valence-corrected chi connectivity index (χ3v) is 2.22. The number of rotatable bonds is 1. The molecule has 2 heteroatoms. The number of hydrogen-bond donors (Lipinski definition) is 0. The van der Waals surface area contributed by atoms with Gasteiger partial charge in [-0.25, -0.2) is 4.42 Å². The summed E-state index contributed by atoms with van der Waals surface area (Å²) in [5.74, 6) is 3.58. The van der Waals surface area contributed by atoms with Gasteiger partial charge < -0.3 is 4.42 Å². The Morgan fingerprint density at radius 1 is 1.21 bits per heavy atom. The van der Waals surface area contributed by atoms with E-state index in [1.807, 2.05) is 45.1 Å². The van der Waals surface area contributed by atoms with E-state index < -0.39 is 0 Å². The van der Waals surface area contributed by atoms with Crippen LogP contribution in [0.25, 0.3) is 5.57 Å². The van der Waals surface area contributed by atoms with Crippen molar-refractivity contribution in [2.75, 3.05) is 0 Å². The van der Waals surface area contributed by atoms with Crippen LogP contribution in [0.1, 0.15) is 25.4 Å². The Morgan fingerprint density at radius 2 is 2.00 bits per heavy atom. The molecule has 1 aliphatic rings. The highest BCUT2D eigenvalue weighted by Gasteiger charge is 2.20. The zero-order valence-corrected chi connectivity index (χ0v) is 8.63. The van der Waals surface area contributed by atoms with Crippen molar-refractivity contribution in [3.8, 4) is 0 Å². The number of allylic oxidation sites excluding steroid dienone is 3. The number of furan rings is 1. The van der Waals surface area contributed by atoms with Crippen molar-refractivity contribution in [3.05, 3.63) is 41.6 Å². The third kappa shape index (κ3) is 1.55. The first-order chi connectivity index (χ1) is 6.66. The van der Waals surface area contributed by atoms with E-state index in [0.717, 1.165) is 28.6 Å². The maximum atomic E-state index is 5.51. The Hall–Kier alpha value is -1.57. The Bertz CT molecular complexity index is 445. The van der Waals surface area contributed by atoms with Crippen LogP contribution in [0.5, 0.6) is 0 Å². The topological polar surface area (TPSA) is 24.4 Å². The van der Waals surface area contributed by atoms with Gasteiger partial charge in [0.25, 0.3) is 0 Å². The molecule has 0 radical (unpaired) electrons. The normalized spacial score (nSPS) is 18.6. The molecule has 0 atom stereocenters. The molecule has 0 aliphatic carbocycles. The molecule has 0 aromatic carbocycles. The summed E-state index contributed by atoms with van der Waals surface area (Å²) in [6.45, 7) is 5.87. The molecular weight excluding hydrogens is 176 g/mol. The van der Waals surface area contributed by atoms with Gasteiger partial charge in [-0.1, -0.05) is 0 Å². The molecule has 1 aliphatic heterocycles. The zero-order chi connectivity index (χ0) is 10.1. The molecule has 1 aromatic rings. The molecule has 1 aromatic heterocycles. The van der Waals surface area contributed by atoms with Gasteiger partial charge in [0.2, 0.25) is 0 Å². The Kier molecular flexibility index (Phi) is 2.12. The van der Waals surface area contributed by atoms with Crippen LogP contribution in [0.2, 0.25) is 0 Å².